The molecule has 10 heteroatoms. The molecule has 0 saturated carbocycles. The van der Waals surface area contributed by atoms with Crippen LogP contribution in [0.1, 0.15) is 0 Å². The van der Waals surface area contributed by atoms with Crippen molar-refractivity contribution in [1.29, 1.82) is 0 Å². The number of rotatable bonds is 1. The molecule has 4 N–H and O–H groups in total. The third-order valence-electron chi connectivity index (χ3n) is 2.34. The first-order valence-corrected chi connectivity index (χ1v) is 5.40. The highest BCUT2D eigenvalue weighted by atomic mass is 19.2. The van der Waals surface area contributed by atoms with E-state index in [1.807, 2.05) is 0 Å². The molecule has 0 aromatic heterocycles. The molecular formula is C12H8F4N2O4. The molecule has 0 heterocycles. The third-order valence-corrected chi connectivity index (χ3v) is 2.34. The quantitative estimate of drug-likeness (QED) is 0.246. The van der Waals surface area contributed by atoms with E-state index in [4.69, 9.17) is 15.9 Å². The van der Waals surface area contributed by atoms with Crippen LogP contribution in [0.15, 0.2) is 24.3 Å². The number of nitrogens with zero attached hydrogens (tertiary/aromatic N) is 1. The fourth-order valence-corrected chi connectivity index (χ4v) is 1.23. The van der Waals surface area contributed by atoms with Crippen molar-refractivity contribution in [3.63, 3.8) is 0 Å². The van der Waals surface area contributed by atoms with Gasteiger partial charge in [-0.25, -0.2) is 8.78 Å². The first-order chi connectivity index (χ1) is 10.2. The smallest absolute Gasteiger partial charge is 0.314 e. The van der Waals surface area contributed by atoms with Gasteiger partial charge in [-0.15, -0.1) is 0 Å². The summed E-state index contributed by atoms with van der Waals surface area (Å²) in [5.74, 6) is -7.45. The minimum Gasteiger partial charge on any atom is -0.503 e. The van der Waals surface area contributed by atoms with Crippen LogP contribution in [0.3, 0.4) is 0 Å². The molecule has 118 valence electrons. The minimum absolute atomic E-state index is 0.168. The van der Waals surface area contributed by atoms with Gasteiger partial charge in [0.15, 0.2) is 17.4 Å². The second kappa shape index (κ2) is 6.61. The molecular weight excluding hydrogens is 312 g/mol. The number of nitro groups is 1. The summed E-state index contributed by atoms with van der Waals surface area (Å²) < 4.78 is 49.1. The maximum atomic E-state index is 12.4. The Morgan fingerprint density at radius 3 is 1.82 bits per heavy atom. The fourth-order valence-electron chi connectivity index (χ4n) is 1.23. The van der Waals surface area contributed by atoms with E-state index < -0.39 is 45.4 Å². The van der Waals surface area contributed by atoms with Crippen LogP contribution < -0.4 is 5.73 Å². The lowest BCUT2D eigenvalue weighted by Crippen LogP contribution is -1.92. The van der Waals surface area contributed by atoms with E-state index in [9.17, 15) is 27.7 Å². The first-order valence-electron chi connectivity index (χ1n) is 5.40. The minimum atomic E-state index is -1.61. The molecule has 6 nitrogen and oxygen atoms in total. The number of nitrogen functional groups attached to an aromatic ring is 1. The number of halogens is 4. The van der Waals surface area contributed by atoms with E-state index in [2.05, 4.69) is 0 Å². The summed E-state index contributed by atoms with van der Waals surface area (Å²) in [6.45, 7) is 0. The molecule has 0 bridgehead atoms. The van der Waals surface area contributed by atoms with Gasteiger partial charge in [0.2, 0.25) is 17.4 Å². The summed E-state index contributed by atoms with van der Waals surface area (Å²) in [6, 6.07) is 3.21. The van der Waals surface area contributed by atoms with Crippen molar-refractivity contribution in [2.24, 2.45) is 0 Å². The zero-order valence-electron chi connectivity index (χ0n) is 10.6. The number of benzene rings is 2. The first kappa shape index (κ1) is 17.0. The molecule has 0 aliphatic heterocycles. The van der Waals surface area contributed by atoms with Crippen molar-refractivity contribution in [3.8, 4) is 11.5 Å². The lowest BCUT2D eigenvalue weighted by Gasteiger charge is -1.98. The molecule has 22 heavy (non-hydrogen) atoms. The zero-order valence-corrected chi connectivity index (χ0v) is 10.6. The van der Waals surface area contributed by atoms with Gasteiger partial charge in [0.05, 0.1) is 10.6 Å². The van der Waals surface area contributed by atoms with E-state index >= 15 is 0 Å². The molecule has 0 spiro atoms. The summed E-state index contributed by atoms with van der Waals surface area (Å²) in [4.78, 5) is 9.04. The van der Waals surface area contributed by atoms with Gasteiger partial charge in [-0.2, -0.15) is 8.78 Å². The van der Waals surface area contributed by atoms with Crippen molar-refractivity contribution < 1.29 is 32.7 Å². The molecule has 2 aromatic rings. The highest BCUT2D eigenvalue weighted by molar-refractivity contribution is 5.52. The van der Waals surface area contributed by atoms with Crippen LogP contribution in [-0.2, 0) is 0 Å². The van der Waals surface area contributed by atoms with Gasteiger partial charge >= 0.3 is 5.69 Å². The van der Waals surface area contributed by atoms with Crippen LogP contribution in [-0.4, -0.2) is 15.1 Å². The van der Waals surface area contributed by atoms with Crippen molar-refractivity contribution in [1.82, 2.24) is 0 Å². The molecule has 0 saturated heterocycles. The Morgan fingerprint density at radius 1 is 0.909 bits per heavy atom. The third kappa shape index (κ3) is 3.53. The van der Waals surface area contributed by atoms with Gasteiger partial charge in [-0.05, 0) is 18.2 Å². The predicted octanol–water partition coefficient (Wildman–Crippen LogP) is 2.83. The fraction of sp³-hybridized carbons (Fsp3) is 0. The number of nitrogens with two attached hydrogens (primary N) is 1. The second-order valence-electron chi connectivity index (χ2n) is 3.79. The van der Waals surface area contributed by atoms with Crippen molar-refractivity contribution in [3.05, 3.63) is 57.6 Å². The van der Waals surface area contributed by atoms with Crippen LogP contribution in [0, 0.1) is 33.4 Å². The Hall–Kier alpha value is -3.04. The Labute approximate surface area is 120 Å². The lowest BCUT2D eigenvalue weighted by molar-refractivity contribution is -0.386. The lowest BCUT2D eigenvalue weighted by atomic mass is 10.3. The van der Waals surface area contributed by atoms with Crippen molar-refractivity contribution >= 4 is 11.4 Å². The largest absolute Gasteiger partial charge is 0.503 e. The van der Waals surface area contributed by atoms with Gasteiger partial charge in [0, 0.05) is 6.07 Å². The Bertz CT molecular complexity index is 698. The highest BCUT2D eigenvalue weighted by Crippen LogP contribution is 2.29. The standard InChI is InChI=1S/C6H3F2NO3.C6H5F2NO/c7-3-1-2-4(9(11)12)6(10)5(3)8;7-3-1-2-4(9)6(10)5(3)8/h1-2,10H;1-2,10H,9H2. The molecule has 0 fully saturated rings. The van der Waals surface area contributed by atoms with Crippen LogP contribution in [0.25, 0.3) is 0 Å². The topological polar surface area (TPSA) is 110 Å². The average molecular weight is 320 g/mol. The number of aromatic hydroxyl groups is 2. The van der Waals surface area contributed by atoms with E-state index in [0.717, 1.165) is 12.1 Å². The van der Waals surface area contributed by atoms with Gasteiger partial charge in [0.1, 0.15) is 0 Å². The van der Waals surface area contributed by atoms with Crippen LogP contribution in [0.4, 0.5) is 28.9 Å². The number of phenolic OH excluding ortho intramolecular Hbond substituents is 2. The van der Waals surface area contributed by atoms with Crippen LogP contribution >= 0.6 is 0 Å². The monoisotopic (exact) mass is 320 g/mol. The van der Waals surface area contributed by atoms with Crippen molar-refractivity contribution in [2.45, 2.75) is 0 Å². The van der Waals surface area contributed by atoms with Gasteiger partial charge in [-0.1, -0.05) is 0 Å². The summed E-state index contributed by atoms with van der Waals surface area (Å²) in [5, 5.41) is 27.4. The normalized spacial score (nSPS) is 9.82. The summed E-state index contributed by atoms with van der Waals surface area (Å²) in [7, 11) is 0. The second-order valence-corrected chi connectivity index (χ2v) is 3.79. The van der Waals surface area contributed by atoms with E-state index in [1.54, 1.807) is 0 Å². The molecule has 0 unspecified atom stereocenters. The summed E-state index contributed by atoms with van der Waals surface area (Å²) in [5.41, 5.74) is 4.01. The van der Waals surface area contributed by atoms with Crippen LogP contribution in [0.5, 0.6) is 11.5 Å². The van der Waals surface area contributed by atoms with E-state index in [-0.39, 0.29) is 5.69 Å². The van der Waals surface area contributed by atoms with Gasteiger partial charge < -0.3 is 15.9 Å². The maximum absolute atomic E-state index is 12.4. The number of phenols is 2. The SMILES string of the molecule is Nc1ccc(F)c(F)c1O.O=[N+]([O-])c1ccc(F)c(F)c1O. The van der Waals surface area contributed by atoms with E-state index in [1.165, 1.54) is 0 Å². The molecule has 0 radical (unpaired) electrons. The number of hydrogen-bond donors (Lipinski definition) is 3. The highest BCUT2D eigenvalue weighted by Gasteiger charge is 2.20. The van der Waals surface area contributed by atoms with Gasteiger partial charge in [0.25, 0.3) is 0 Å². The molecule has 0 aliphatic carbocycles. The van der Waals surface area contributed by atoms with Crippen LogP contribution in [0.2, 0.25) is 0 Å². The summed E-state index contributed by atoms with van der Waals surface area (Å²) in [6.07, 6.45) is 0. The predicted molar refractivity (Wildman–Crippen MR) is 67.1 cm³/mol. The molecule has 0 aliphatic rings. The number of nitro benzene ring substituents is 1. The molecule has 2 rings (SSSR count). The maximum Gasteiger partial charge on any atom is 0.314 e. The number of hydrogen-bond acceptors (Lipinski definition) is 5. The molecule has 0 amide bonds. The molecule has 0 atom stereocenters. The van der Waals surface area contributed by atoms with E-state index in [0.29, 0.717) is 12.1 Å². The average Bonchev–Trinajstić information content (AvgIpc) is 2.47. The Balaban J connectivity index is 0.000000224. The van der Waals surface area contributed by atoms with Crippen molar-refractivity contribution in [2.75, 3.05) is 5.73 Å². The zero-order chi connectivity index (χ0) is 17.0. The summed E-state index contributed by atoms with van der Waals surface area (Å²) >= 11 is 0. The Morgan fingerprint density at radius 2 is 1.36 bits per heavy atom. The Kier molecular flexibility index (Phi) is 5.11. The molecule has 2 aromatic carbocycles. The van der Waals surface area contributed by atoms with Gasteiger partial charge in [-0.3, -0.25) is 10.1 Å². The number of anilines is 1.